The molecule has 1 aromatic rings. The second-order valence-corrected chi connectivity index (χ2v) is 3.77. The van der Waals surface area contributed by atoms with Crippen LogP contribution in [-0.4, -0.2) is 42.5 Å². The molecule has 78 valence electrons. The van der Waals surface area contributed by atoms with Crippen LogP contribution in [0.15, 0.2) is 23.6 Å². The molecule has 0 spiro atoms. The SMILES string of the molecule is CNC(COC)CSc1ncccn1. The number of nitrogens with one attached hydrogen (secondary N) is 1. The van der Waals surface area contributed by atoms with Gasteiger partial charge in [0, 0.05) is 31.3 Å². The van der Waals surface area contributed by atoms with E-state index in [4.69, 9.17) is 4.74 Å². The maximum atomic E-state index is 5.07. The molecule has 0 radical (unpaired) electrons. The molecule has 4 nitrogen and oxygen atoms in total. The van der Waals surface area contributed by atoms with Gasteiger partial charge in [0.2, 0.25) is 0 Å². The van der Waals surface area contributed by atoms with Crippen LogP contribution in [0.3, 0.4) is 0 Å². The number of ether oxygens (including phenoxy) is 1. The molecule has 5 heteroatoms. The number of aromatic nitrogens is 2. The Morgan fingerprint density at radius 2 is 2.21 bits per heavy atom. The van der Waals surface area contributed by atoms with E-state index < -0.39 is 0 Å². The molecule has 0 aliphatic carbocycles. The fraction of sp³-hybridized carbons (Fsp3) is 0.556. The van der Waals surface area contributed by atoms with Crippen molar-refractivity contribution in [2.75, 3.05) is 26.5 Å². The molecule has 0 bridgehead atoms. The zero-order valence-electron chi connectivity index (χ0n) is 8.43. The van der Waals surface area contributed by atoms with Gasteiger partial charge in [0.1, 0.15) is 0 Å². The first-order chi connectivity index (χ1) is 6.86. The first-order valence-corrected chi connectivity index (χ1v) is 5.41. The highest BCUT2D eigenvalue weighted by atomic mass is 32.2. The summed E-state index contributed by atoms with van der Waals surface area (Å²) >= 11 is 1.63. The summed E-state index contributed by atoms with van der Waals surface area (Å²) in [6, 6.07) is 2.16. The Morgan fingerprint density at radius 1 is 1.50 bits per heavy atom. The largest absolute Gasteiger partial charge is 0.383 e. The Morgan fingerprint density at radius 3 is 2.79 bits per heavy atom. The Balaban J connectivity index is 2.32. The molecule has 14 heavy (non-hydrogen) atoms. The van der Waals surface area contributed by atoms with E-state index in [-0.39, 0.29) is 0 Å². The van der Waals surface area contributed by atoms with Crippen LogP contribution in [0, 0.1) is 0 Å². The standard InChI is InChI=1S/C9H15N3OS/c1-10-8(6-13-2)7-14-9-11-4-3-5-12-9/h3-5,8,10H,6-7H2,1-2H3. The third-order valence-corrected chi connectivity index (χ3v) is 2.77. The molecule has 0 fully saturated rings. The number of likely N-dealkylation sites (N-methyl/N-ethyl adjacent to an activating group) is 1. The second-order valence-electron chi connectivity index (χ2n) is 2.78. The third-order valence-electron chi connectivity index (χ3n) is 1.73. The van der Waals surface area contributed by atoms with E-state index in [9.17, 15) is 0 Å². The Kier molecular flexibility index (Phi) is 5.51. The fourth-order valence-electron chi connectivity index (χ4n) is 0.951. The molecule has 0 saturated carbocycles. The lowest BCUT2D eigenvalue weighted by atomic mass is 10.4. The van der Waals surface area contributed by atoms with Crippen molar-refractivity contribution in [1.29, 1.82) is 0 Å². The van der Waals surface area contributed by atoms with Crippen molar-refractivity contribution in [3.63, 3.8) is 0 Å². The van der Waals surface area contributed by atoms with Gasteiger partial charge in [-0.1, -0.05) is 11.8 Å². The van der Waals surface area contributed by atoms with Crippen LogP contribution in [-0.2, 0) is 4.74 Å². The molecular formula is C9H15N3OS. The van der Waals surface area contributed by atoms with Gasteiger partial charge in [-0.25, -0.2) is 9.97 Å². The minimum Gasteiger partial charge on any atom is -0.383 e. The van der Waals surface area contributed by atoms with Crippen LogP contribution in [0.1, 0.15) is 0 Å². The summed E-state index contributed by atoms with van der Waals surface area (Å²) in [5.41, 5.74) is 0. The zero-order chi connectivity index (χ0) is 10.2. The van der Waals surface area contributed by atoms with E-state index in [0.717, 1.165) is 10.9 Å². The maximum absolute atomic E-state index is 5.07. The summed E-state index contributed by atoms with van der Waals surface area (Å²) < 4.78 is 5.07. The van der Waals surface area contributed by atoms with E-state index in [2.05, 4.69) is 15.3 Å². The molecule has 0 aliphatic heterocycles. The van der Waals surface area contributed by atoms with Crippen LogP contribution in [0.4, 0.5) is 0 Å². The van der Waals surface area contributed by atoms with Gasteiger partial charge in [0.15, 0.2) is 5.16 Å². The van der Waals surface area contributed by atoms with Gasteiger partial charge < -0.3 is 10.1 Å². The average molecular weight is 213 g/mol. The van der Waals surface area contributed by atoms with Crippen molar-refractivity contribution in [2.24, 2.45) is 0 Å². The molecule has 0 saturated heterocycles. The third kappa shape index (κ3) is 4.04. The normalized spacial score (nSPS) is 12.7. The predicted molar refractivity (Wildman–Crippen MR) is 57.5 cm³/mol. The molecule has 0 amide bonds. The topological polar surface area (TPSA) is 47.0 Å². The lowest BCUT2D eigenvalue weighted by Gasteiger charge is -2.13. The van der Waals surface area contributed by atoms with Crippen molar-refractivity contribution >= 4 is 11.8 Å². The van der Waals surface area contributed by atoms with Crippen molar-refractivity contribution in [3.8, 4) is 0 Å². The quantitative estimate of drug-likeness (QED) is 0.559. The fourth-order valence-corrected chi connectivity index (χ4v) is 1.83. The molecule has 1 rings (SSSR count). The molecule has 1 heterocycles. The van der Waals surface area contributed by atoms with Gasteiger partial charge in [-0.2, -0.15) is 0 Å². The molecule has 1 unspecified atom stereocenters. The number of thioether (sulfide) groups is 1. The molecular weight excluding hydrogens is 198 g/mol. The highest BCUT2D eigenvalue weighted by Gasteiger charge is 2.06. The van der Waals surface area contributed by atoms with Crippen LogP contribution in [0.2, 0.25) is 0 Å². The average Bonchev–Trinajstić information content (AvgIpc) is 2.25. The lowest BCUT2D eigenvalue weighted by Crippen LogP contribution is -2.32. The van der Waals surface area contributed by atoms with Gasteiger partial charge in [0.05, 0.1) is 6.61 Å². The smallest absolute Gasteiger partial charge is 0.187 e. The van der Waals surface area contributed by atoms with Crippen LogP contribution >= 0.6 is 11.8 Å². The number of rotatable bonds is 6. The Labute approximate surface area is 88.5 Å². The number of hydrogen-bond donors (Lipinski definition) is 1. The number of hydrogen-bond acceptors (Lipinski definition) is 5. The van der Waals surface area contributed by atoms with E-state index in [1.165, 1.54) is 0 Å². The summed E-state index contributed by atoms with van der Waals surface area (Å²) in [6.45, 7) is 0.705. The van der Waals surface area contributed by atoms with Crippen molar-refractivity contribution in [2.45, 2.75) is 11.2 Å². The summed E-state index contributed by atoms with van der Waals surface area (Å²) in [5, 5.41) is 3.98. The first-order valence-electron chi connectivity index (χ1n) is 4.43. The van der Waals surface area contributed by atoms with Crippen LogP contribution in [0.5, 0.6) is 0 Å². The molecule has 1 atom stereocenters. The summed E-state index contributed by atoms with van der Waals surface area (Å²) in [4.78, 5) is 8.26. The van der Waals surface area contributed by atoms with E-state index in [1.54, 1.807) is 31.3 Å². The van der Waals surface area contributed by atoms with Crippen molar-refractivity contribution in [3.05, 3.63) is 18.5 Å². The number of nitrogens with zero attached hydrogens (tertiary/aromatic N) is 2. The second kappa shape index (κ2) is 6.75. The molecule has 1 aromatic heterocycles. The molecule has 1 N–H and O–H groups in total. The van der Waals surface area contributed by atoms with Crippen molar-refractivity contribution < 1.29 is 4.74 Å². The first kappa shape index (κ1) is 11.4. The van der Waals surface area contributed by atoms with Gasteiger partial charge in [-0.15, -0.1) is 0 Å². The minimum atomic E-state index is 0.341. The van der Waals surface area contributed by atoms with Gasteiger partial charge in [0.25, 0.3) is 0 Å². The Bertz CT molecular complexity index is 245. The minimum absolute atomic E-state index is 0.341. The lowest BCUT2D eigenvalue weighted by molar-refractivity contribution is 0.177. The predicted octanol–water partition coefficient (Wildman–Crippen LogP) is 0.803. The van der Waals surface area contributed by atoms with E-state index >= 15 is 0 Å². The van der Waals surface area contributed by atoms with Crippen LogP contribution < -0.4 is 5.32 Å². The number of methoxy groups -OCH3 is 1. The molecule has 0 aromatic carbocycles. The van der Waals surface area contributed by atoms with Crippen molar-refractivity contribution in [1.82, 2.24) is 15.3 Å². The summed E-state index contributed by atoms with van der Waals surface area (Å²) in [6.07, 6.45) is 3.50. The van der Waals surface area contributed by atoms with Gasteiger partial charge in [-0.05, 0) is 13.1 Å². The van der Waals surface area contributed by atoms with Crippen LogP contribution in [0.25, 0.3) is 0 Å². The highest BCUT2D eigenvalue weighted by Crippen LogP contribution is 2.12. The summed E-state index contributed by atoms with van der Waals surface area (Å²) in [7, 11) is 3.63. The van der Waals surface area contributed by atoms with E-state index in [1.807, 2.05) is 13.1 Å². The Hall–Kier alpha value is -0.650. The van der Waals surface area contributed by atoms with Gasteiger partial charge in [-0.3, -0.25) is 0 Å². The molecule has 0 aliphatic rings. The monoisotopic (exact) mass is 213 g/mol. The highest BCUT2D eigenvalue weighted by molar-refractivity contribution is 7.99. The zero-order valence-corrected chi connectivity index (χ0v) is 9.25. The van der Waals surface area contributed by atoms with E-state index in [0.29, 0.717) is 12.6 Å². The van der Waals surface area contributed by atoms with Gasteiger partial charge >= 0.3 is 0 Å². The maximum Gasteiger partial charge on any atom is 0.187 e. The summed E-state index contributed by atoms with van der Waals surface area (Å²) in [5.74, 6) is 0.911.